The molecule has 2 saturated carbocycles. The molecule has 0 aromatic rings. The van der Waals surface area contributed by atoms with Gasteiger partial charge in [-0.2, -0.15) is 0 Å². The van der Waals surface area contributed by atoms with E-state index in [1.54, 1.807) is 0 Å². The van der Waals surface area contributed by atoms with Crippen LogP contribution in [0.2, 0.25) is 0 Å². The van der Waals surface area contributed by atoms with Crippen LogP contribution in [0.5, 0.6) is 0 Å². The van der Waals surface area contributed by atoms with Crippen LogP contribution >= 0.6 is 0 Å². The number of carbonyl (C=O) groups excluding carboxylic acids is 2. The van der Waals surface area contributed by atoms with E-state index in [1.807, 2.05) is 4.90 Å². The van der Waals surface area contributed by atoms with Crippen molar-refractivity contribution in [2.45, 2.75) is 44.2 Å². The Morgan fingerprint density at radius 2 is 2.00 bits per heavy atom. The summed E-state index contributed by atoms with van der Waals surface area (Å²) in [6.45, 7) is 3.82. The normalized spacial score (nSPS) is 34.7. The number of hydrogen-bond acceptors (Lipinski definition) is 5. The SMILES string of the molecule is NC(=O)C1=NO[C@H](CNC(=O)N2CCN([C@@H]3C[C@H]4CC[C@H]3C4)CC2)C1. The van der Waals surface area contributed by atoms with Crippen LogP contribution in [-0.4, -0.2) is 72.3 Å². The first-order chi connectivity index (χ1) is 12.1. The summed E-state index contributed by atoms with van der Waals surface area (Å²) in [7, 11) is 0. The number of primary amides is 1. The predicted molar refractivity (Wildman–Crippen MR) is 91.9 cm³/mol. The molecule has 2 bridgehead atoms. The molecule has 8 nitrogen and oxygen atoms in total. The summed E-state index contributed by atoms with van der Waals surface area (Å²) in [4.78, 5) is 33.0. The highest BCUT2D eigenvalue weighted by Gasteiger charge is 2.43. The lowest BCUT2D eigenvalue weighted by atomic mass is 9.93. The Bertz CT molecular complexity index is 573. The van der Waals surface area contributed by atoms with Gasteiger partial charge in [-0.25, -0.2) is 4.79 Å². The molecular formula is C17H27N5O3. The minimum atomic E-state index is -0.564. The fourth-order valence-corrected chi connectivity index (χ4v) is 4.91. The molecule has 8 heteroatoms. The van der Waals surface area contributed by atoms with Gasteiger partial charge >= 0.3 is 6.03 Å². The molecule has 4 aliphatic rings. The third kappa shape index (κ3) is 3.44. The second-order valence-corrected chi connectivity index (χ2v) is 7.79. The van der Waals surface area contributed by atoms with Crippen LogP contribution in [-0.2, 0) is 9.63 Å². The van der Waals surface area contributed by atoms with Gasteiger partial charge in [0.25, 0.3) is 5.91 Å². The zero-order chi connectivity index (χ0) is 17.4. The van der Waals surface area contributed by atoms with E-state index in [4.69, 9.17) is 10.6 Å². The molecule has 138 valence electrons. The molecule has 2 aliphatic heterocycles. The maximum atomic E-state index is 12.3. The van der Waals surface area contributed by atoms with Crippen molar-refractivity contribution < 1.29 is 14.4 Å². The molecule has 3 N–H and O–H groups in total. The minimum absolute atomic E-state index is 0.0660. The highest BCUT2D eigenvalue weighted by Crippen LogP contribution is 2.46. The summed E-state index contributed by atoms with van der Waals surface area (Å²) >= 11 is 0. The van der Waals surface area contributed by atoms with Crippen LogP contribution in [0, 0.1) is 11.8 Å². The highest BCUT2D eigenvalue weighted by atomic mass is 16.6. The predicted octanol–water partition coefficient (Wildman–Crippen LogP) is 0.132. The Kier molecular flexibility index (Phi) is 4.54. The van der Waals surface area contributed by atoms with E-state index in [-0.39, 0.29) is 17.8 Å². The van der Waals surface area contributed by atoms with E-state index < -0.39 is 5.91 Å². The first kappa shape index (κ1) is 16.6. The van der Waals surface area contributed by atoms with Gasteiger partial charge in [-0.15, -0.1) is 0 Å². The maximum Gasteiger partial charge on any atom is 0.317 e. The summed E-state index contributed by atoms with van der Waals surface area (Å²) in [5, 5.41) is 6.53. The number of piperazine rings is 1. The number of urea groups is 1. The smallest absolute Gasteiger partial charge is 0.317 e. The number of nitrogens with two attached hydrogens (primary N) is 1. The van der Waals surface area contributed by atoms with Gasteiger partial charge in [0.05, 0.1) is 6.54 Å². The fraction of sp³-hybridized carbons (Fsp3) is 0.824. The lowest BCUT2D eigenvalue weighted by Crippen LogP contribution is -2.55. The molecule has 0 unspecified atom stereocenters. The number of rotatable bonds is 4. The third-order valence-corrected chi connectivity index (χ3v) is 6.27. The number of amides is 3. The Morgan fingerprint density at radius 1 is 1.20 bits per heavy atom. The van der Waals surface area contributed by atoms with Gasteiger partial charge in [-0.1, -0.05) is 11.6 Å². The molecule has 25 heavy (non-hydrogen) atoms. The topological polar surface area (TPSA) is 100 Å². The molecule has 0 radical (unpaired) electrons. The van der Waals surface area contributed by atoms with E-state index in [1.165, 1.54) is 25.7 Å². The van der Waals surface area contributed by atoms with Crippen molar-refractivity contribution in [2.24, 2.45) is 22.7 Å². The lowest BCUT2D eigenvalue weighted by Gasteiger charge is -2.41. The van der Waals surface area contributed by atoms with Gasteiger partial charge in [0, 0.05) is 38.6 Å². The van der Waals surface area contributed by atoms with Crippen molar-refractivity contribution in [3.63, 3.8) is 0 Å². The van der Waals surface area contributed by atoms with Crippen molar-refractivity contribution in [3.8, 4) is 0 Å². The van der Waals surface area contributed by atoms with Gasteiger partial charge < -0.3 is 20.8 Å². The van der Waals surface area contributed by atoms with Gasteiger partial charge in [0.15, 0.2) is 6.10 Å². The Labute approximate surface area is 147 Å². The number of carbonyl (C=O) groups is 2. The number of fused-ring (bicyclic) bond motifs is 2. The Hall–Kier alpha value is -1.83. The van der Waals surface area contributed by atoms with E-state index in [0.29, 0.717) is 13.0 Å². The van der Waals surface area contributed by atoms with E-state index in [2.05, 4.69) is 15.4 Å². The molecule has 1 saturated heterocycles. The average Bonchev–Trinajstić information content (AvgIpc) is 3.36. The molecule has 0 aromatic carbocycles. The Morgan fingerprint density at radius 3 is 2.60 bits per heavy atom. The van der Waals surface area contributed by atoms with E-state index in [9.17, 15) is 9.59 Å². The largest absolute Gasteiger partial charge is 0.390 e. The van der Waals surface area contributed by atoms with Crippen molar-refractivity contribution >= 4 is 17.6 Å². The molecular weight excluding hydrogens is 322 g/mol. The number of nitrogens with zero attached hydrogens (tertiary/aromatic N) is 3. The van der Waals surface area contributed by atoms with Crippen molar-refractivity contribution in [3.05, 3.63) is 0 Å². The van der Waals surface area contributed by atoms with Crippen LogP contribution in [0.15, 0.2) is 5.16 Å². The van der Waals surface area contributed by atoms with E-state index in [0.717, 1.165) is 44.1 Å². The molecule has 2 heterocycles. The quantitative estimate of drug-likeness (QED) is 0.753. The number of nitrogens with one attached hydrogen (secondary N) is 1. The van der Waals surface area contributed by atoms with Crippen molar-refractivity contribution in [1.82, 2.24) is 15.1 Å². The molecule has 2 aliphatic carbocycles. The number of hydrogen-bond donors (Lipinski definition) is 2. The van der Waals surface area contributed by atoms with Crippen molar-refractivity contribution in [1.29, 1.82) is 0 Å². The van der Waals surface area contributed by atoms with Crippen LogP contribution in [0.25, 0.3) is 0 Å². The first-order valence-electron chi connectivity index (χ1n) is 9.39. The summed E-state index contributed by atoms with van der Waals surface area (Å²) in [5.41, 5.74) is 5.40. The second-order valence-electron chi connectivity index (χ2n) is 7.79. The standard InChI is InChI=1S/C17H27N5O3/c18-16(23)14-9-13(25-20-14)10-19-17(24)22-5-3-21(4-6-22)15-8-11-1-2-12(15)7-11/h11-13,15H,1-10H2,(H2,18,23)(H,19,24)/t11-,12-,13-,15+/m0/s1. The summed E-state index contributed by atoms with van der Waals surface area (Å²) in [6, 6.07) is 0.684. The Balaban J connectivity index is 1.18. The molecule has 0 spiro atoms. The van der Waals surface area contributed by atoms with Crippen LogP contribution in [0.3, 0.4) is 0 Å². The lowest BCUT2D eigenvalue weighted by molar-refractivity contribution is -0.112. The van der Waals surface area contributed by atoms with Crippen LogP contribution in [0.1, 0.15) is 32.1 Å². The fourth-order valence-electron chi connectivity index (χ4n) is 4.91. The minimum Gasteiger partial charge on any atom is -0.390 e. The highest BCUT2D eigenvalue weighted by molar-refractivity contribution is 6.38. The summed E-state index contributed by atoms with van der Waals surface area (Å²) in [5.74, 6) is 1.28. The molecule has 4 atom stereocenters. The van der Waals surface area contributed by atoms with E-state index >= 15 is 0 Å². The first-order valence-corrected chi connectivity index (χ1v) is 9.39. The zero-order valence-corrected chi connectivity index (χ0v) is 14.5. The zero-order valence-electron chi connectivity index (χ0n) is 14.5. The van der Waals surface area contributed by atoms with Crippen LogP contribution in [0.4, 0.5) is 4.79 Å². The summed E-state index contributed by atoms with van der Waals surface area (Å²) in [6.07, 6.45) is 5.65. The summed E-state index contributed by atoms with van der Waals surface area (Å²) < 4.78 is 0. The van der Waals surface area contributed by atoms with Gasteiger partial charge in [0.2, 0.25) is 0 Å². The van der Waals surface area contributed by atoms with Gasteiger partial charge in [-0.3, -0.25) is 9.69 Å². The number of oxime groups is 1. The van der Waals surface area contributed by atoms with Crippen molar-refractivity contribution in [2.75, 3.05) is 32.7 Å². The van der Waals surface area contributed by atoms with Gasteiger partial charge in [-0.05, 0) is 31.1 Å². The second kappa shape index (κ2) is 6.82. The third-order valence-electron chi connectivity index (χ3n) is 6.27. The maximum absolute atomic E-state index is 12.3. The van der Waals surface area contributed by atoms with Crippen LogP contribution < -0.4 is 11.1 Å². The molecule has 4 rings (SSSR count). The average molecular weight is 349 g/mol. The monoisotopic (exact) mass is 349 g/mol. The molecule has 3 amide bonds. The molecule has 0 aromatic heterocycles. The van der Waals surface area contributed by atoms with Gasteiger partial charge in [0.1, 0.15) is 5.71 Å². The molecule has 3 fully saturated rings.